The fourth-order valence-corrected chi connectivity index (χ4v) is 3.96. The van der Waals surface area contributed by atoms with Crippen LogP contribution in [0.4, 0.5) is 0 Å². The van der Waals surface area contributed by atoms with Gasteiger partial charge in [0, 0.05) is 16.8 Å². The molecule has 0 aliphatic carbocycles. The van der Waals surface area contributed by atoms with E-state index in [1.54, 1.807) is 0 Å². The lowest BCUT2D eigenvalue weighted by atomic mass is 10.1. The number of benzene rings is 2. The predicted octanol–water partition coefficient (Wildman–Crippen LogP) is 4.20. The Bertz CT molecular complexity index is 823. The van der Waals surface area contributed by atoms with E-state index in [9.17, 15) is 0 Å². The first kappa shape index (κ1) is 15.7. The summed E-state index contributed by atoms with van der Waals surface area (Å²) in [5, 5.41) is 6.06. The Morgan fingerprint density at radius 3 is 2.83 bits per heavy atom. The van der Waals surface area contributed by atoms with Gasteiger partial charge in [0.1, 0.15) is 11.2 Å². The van der Waals surface area contributed by atoms with E-state index in [0.29, 0.717) is 0 Å². The van der Waals surface area contributed by atoms with E-state index in [-0.39, 0.29) is 0 Å². The van der Waals surface area contributed by atoms with Gasteiger partial charge in [-0.2, -0.15) is 0 Å². The number of nitrogens with one attached hydrogen (secondary N) is 1. The second-order valence-corrected chi connectivity index (χ2v) is 6.96. The van der Waals surface area contributed by atoms with E-state index in [1.165, 1.54) is 42.1 Å². The van der Waals surface area contributed by atoms with Gasteiger partial charge >= 0.3 is 0 Å². The lowest BCUT2D eigenvalue weighted by molar-refractivity contribution is 0.294. The Labute approximate surface area is 143 Å². The maximum Gasteiger partial charge on any atom is 0.138 e. The Morgan fingerprint density at radius 2 is 1.96 bits per heavy atom. The van der Waals surface area contributed by atoms with E-state index >= 15 is 0 Å². The highest BCUT2D eigenvalue weighted by molar-refractivity contribution is 6.05. The average molecular weight is 322 g/mol. The number of rotatable bonds is 6. The highest BCUT2D eigenvalue weighted by atomic mass is 16.3. The Kier molecular flexibility index (Phi) is 4.54. The molecule has 1 aliphatic heterocycles. The monoisotopic (exact) mass is 322 g/mol. The highest BCUT2D eigenvalue weighted by Crippen LogP contribution is 2.30. The van der Waals surface area contributed by atoms with Gasteiger partial charge in [-0.25, -0.2) is 0 Å². The topological polar surface area (TPSA) is 28.4 Å². The second kappa shape index (κ2) is 6.96. The number of fused-ring (bicyclic) bond motifs is 3. The molecule has 2 heterocycles. The van der Waals surface area contributed by atoms with Gasteiger partial charge in [-0.1, -0.05) is 36.4 Å². The summed E-state index contributed by atoms with van der Waals surface area (Å²) in [6, 6.07) is 15.6. The van der Waals surface area contributed by atoms with Crippen LogP contribution in [-0.4, -0.2) is 37.6 Å². The maximum atomic E-state index is 6.10. The minimum Gasteiger partial charge on any atom is -0.456 e. The van der Waals surface area contributed by atoms with Crippen LogP contribution in [0.15, 0.2) is 46.9 Å². The first-order valence-corrected chi connectivity index (χ1v) is 9.13. The number of furan rings is 1. The molecule has 2 aromatic carbocycles. The third-order valence-corrected chi connectivity index (χ3v) is 5.38. The molecule has 0 amide bonds. The molecule has 1 atom stereocenters. The van der Waals surface area contributed by atoms with Gasteiger partial charge in [0.25, 0.3) is 0 Å². The molecule has 24 heavy (non-hydrogen) atoms. The third kappa shape index (κ3) is 3.06. The van der Waals surface area contributed by atoms with Crippen molar-refractivity contribution in [1.29, 1.82) is 0 Å². The van der Waals surface area contributed by atoms with Crippen LogP contribution in [0.3, 0.4) is 0 Å². The molecule has 1 aliphatic rings. The first-order valence-electron chi connectivity index (χ1n) is 9.13. The molecule has 1 saturated heterocycles. The van der Waals surface area contributed by atoms with Gasteiger partial charge in [0.05, 0.1) is 0 Å². The van der Waals surface area contributed by atoms with E-state index in [4.69, 9.17) is 4.42 Å². The molecule has 1 fully saturated rings. The zero-order valence-corrected chi connectivity index (χ0v) is 14.4. The van der Waals surface area contributed by atoms with Crippen molar-refractivity contribution in [2.45, 2.75) is 31.7 Å². The Balaban J connectivity index is 1.38. The molecular weight excluding hydrogens is 296 g/mol. The van der Waals surface area contributed by atoms with Gasteiger partial charge in [-0.05, 0) is 64.0 Å². The number of nitrogens with zero attached hydrogens (tertiary/aromatic N) is 1. The number of likely N-dealkylation sites (tertiary alicyclic amines) is 1. The summed E-state index contributed by atoms with van der Waals surface area (Å²) in [4.78, 5) is 2.50. The third-order valence-electron chi connectivity index (χ3n) is 5.38. The molecule has 0 bridgehead atoms. The summed E-state index contributed by atoms with van der Waals surface area (Å²) in [6.07, 6.45) is 4.98. The van der Waals surface area contributed by atoms with Crippen LogP contribution in [0.5, 0.6) is 0 Å². The van der Waals surface area contributed by atoms with Crippen molar-refractivity contribution in [2.24, 2.45) is 0 Å². The summed E-state index contributed by atoms with van der Waals surface area (Å²) >= 11 is 0. The molecule has 0 spiro atoms. The average Bonchev–Trinajstić information content (AvgIpc) is 3.18. The van der Waals surface area contributed by atoms with Crippen molar-refractivity contribution in [1.82, 2.24) is 10.2 Å². The summed E-state index contributed by atoms with van der Waals surface area (Å²) in [5.41, 5.74) is 3.34. The molecular formula is C21H26N2O. The molecule has 3 heteroatoms. The van der Waals surface area contributed by atoms with Crippen LogP contribution in [0.25, 0.3) is 21.9 Å². The Morgan fingerprint density at radius 1 is 1.08 bits per heavy atom. The first-order chi connectivity index (χ1) is 11.8. The van der Waals surface area contributed by atoms with E-state index in [0.717, 1.165) is 36.7 Å². The molecule has 0 radical (unpaired) electrons. The summed E-state index contributed by atoms with van der Waals surface area (Å²) < 4.78 is 6.10. The fraction of sp³-hybridized carbons (Fsp3) is 0.429. The van der Waals surface area contributed by atoms with Crippen molar-refractivity contribution in [3.63, 3.8) is 0 Å². The number of hydrogen-bond acceptors (Lipinski definition) is 3. The van der Waals surface area contributed by atoms with Crippen molar-refractivity contribution < 1.29 is 4.42 Å². The summed E-state index contributed by atoms with van der Waals surface area (Å²) in [5.74, 6) is 0. The molecule has 1 unspecified atom stereocenters. The quantitative estimate of drug-likeness (QED) is 0.689. The van der Waals surface area contributed by atoms with E-state index < -0.39 is 0 Å². The minimum atomic E-state index is 0.774. The van der Waals surface area contributed by atoms with Crippen LogP contribution in [0, 0.1) is 0 Å². The highest BCUT2D eigenvalue weighted by Gasteiger charge is 2.19. The molecule has 3 nitrogen and oxygen atoms in total. The SMILES string of the molecule is CN1CCCC1CCNCCc1cccc2c1oc1ccccc12. The largest absolute Gasteiger partial charge is 0.456 e. The molecule has 0 saturated carbocycles. The van der Waals surface area contributed by atoms with Gasteiger partial charge < -0.3 is 14.6 Å². The number of hydrogen-bond donors (Lipinski definition) is 1. The fourth-order valence-electron chi connectivity index (χ4n) is 3.96. The van der Waals surface area contributed by atoms with Crippen LogP contribution in [0.1, 0.15) is 24.8 Å². The predicted molar refractivity (Wildman–Crippen MR) is 101 cm³/mol. The van der Waals surface area contributed by atoms with Crippen molar-refractivity contribution in [2.75, 3.05) is 26.7 Å². The van der Waals surface area contributed by atoms with Crippen molar-refractivity contribution in [3.8, 4) is 0 Å². The minimum absolute atomic E-state index is 0.774. The maximum absolute atomic E-state index is 6.10. The van der Waals surface area contributed by atoms with Crippen molar-refractivity contribution in [3.05, 3.63) is 48.0 Å². The van der Waals surface area contributed by atoms with E-state index in [1.807, 2.05) is 6.07 Å². The number of para-hydroxylation sites is 2. The van der Waals surface area contributed by atoms with Crippen LogP contribution in [-0.2, 0) is 6.42 Å². The van der Waals surface area contributed by atoms with Crippen molar-refractivity contribution >= 4 is 21.9 Å². The summed E-state index contributed by atoms with van der Waals surface area (Å²) in [6.45, 7) is 3.37. The van der Waals surface area contributed by atoms with E-state index in [2.05, 4.69) is 53.7 Å². The zero-order valence-electron chi connectivity index (χ0n) is 14.4. The smallest absolute Gasteiger partial charge is 0.138 e. The normalized spacial score (nSPS) is 18.8. The molecule has 1 aromatic heterocycles. The molecule has 1 N–H and O–H groups in total. The van der Waals surface area contributed by atoms with Crippen LogP contribution in [0.2, 0.25) is 0 Å². The van der Waals surface area contributed by atoms with Gasteiger partial charge in [-0.15, -0.1) is 0 Å². The second-order valence-electron chi connectivity index (χ2n) is 6.96. The van der Waals surface area contributed by atoms with Crippen LogP contribution >= 0.6 is 0 Å². The molecule has 4 rings (SSSR count). The lowest BCUT2D eigenvalue weighted by Gasteiger charge is -2.19. The Hall–Kier alpha value is -1.84. The lowest BCUT2D eigenvalue weighted by Crippen LogP contribution is -2.29. The van der Waals surface area contributed by atoms with Gasteiger partial charge in [0.2, 0.25) is 0 Å². The molecule has 3 aromatic rings. The standard InChI is InChI=1S/C21H26N2O/c1-23-15-5-7-17(23)12-14-22-13-11-16-6-4-9-19-18-8-2-3-10-20(18)24-21(16)19/h2-4,6,8-10,17,22H,5,7,11-15H2,1H3. The zero-order chi connectivity index (χ0) is 16.4. The van der Waals surface area contributed by atoms with Crippen LogP contribution < -0.4 is 5.32 Å². The van der Waals surface area contributed by atoms with Gasteiger partial charge in [-0.3, -0.25) is 0 Å². The summed E-state index contributed by atoms with van der Waals surface area (Å²) in [7, 11) is 2.25. The molecule has 126 valence electrons. The van der Waals surface area contributed by atoms with Gasteiger partial charge in [0.15, 0.2) is 0 Å².